The zero-order chi connectivity index (χ0) is 14.9. The Kier molecular flexibility index (Phi) is 3.85. The number of ether oxygens (including phenoxy) is 1. The first kappa shape index (κ1) is 14.6. The van der Waals surface area contributed by atoms with E-state index in [1.54, 1.807) is 6.92 Å². The smallest absolute Gasteiger partial charge is 0.417 e. The molecule has 0 bridgehead atoms. The number of alkyl halides is 3. The fourth-order valence-electron chi connectivity index (χ4n) is 1.79. The Morgan fingerprint density at radius 1 is 1.40 bits per heavy atom. The maximum atomic E-state index is 13.0. The summed E-state index contributed by atoms with van der Waals surface area (Å²) in [6.45, 7) is 1.68. The third-order valence-electron chi connectivity index (χ3n) is 2.63. The zero-order valence-electron chi connectivity index (χ0n) is 10.3. The summed E-state index contributed by atoms with van der Waals surface area (Å²) in [5.41, 5.74) is -1.05. The van der Waals surface area contributed by atoms with Gasteiger partial charge in [0.05, 0.1) is 28.3 Å². The zero-order valence-corrected chi connectivity index (χ0v) is 11.0. The minimum atomic E-state index is -4.59. The molecule has 3 nitrogen and oxygen atoms in total. The Morgan fingerprint density at radius 3 is 2.70 bits per heavy atom. The number of carbonyl (C=O) groups excluding carboxylic acids is 1. The summed E-state index contributed by atoms with van der Waals surface area (Å²) in [5, 5.41) is -0.603. The molecule has 0 unspecified atom stereocenters. The number of benzene rings is 1. The highest BCUT2D eigenvalue weighted by Gasteiger charge is 2.34. The maximum Gasteiger partial charge on any atom is 0.417 e. The molecule has 0 atom stereocenters. The summed E-state index contributed by atoms with van der Waals surface area (Å²) < 4.78 is 43.7. The van der Waals surface area contributed by atoms with Gasteiger partial charge in [0.25, 0.3) is 0 Å². The average molecular weight is 304 g/mol. The van der Waals surface area contributed by atoms with Gasteiger partial charge in [-0.1, -0.05) is 17.7 Å². The first-order valence-corrected chi connectivity index (χ1v) is 6.05. The van der Waals surface area contributed by atoms with Gasteiger partial charge in [-0.15, -0.1) is 0 Å². The highest BCUT2D eigenvalue weighted by atomic mass is 35.5. The molecule has 2 aromatic rings. The number of hydrogen-bond donors (Lipinski definition) is 0. The van der Waals surface area contributed by atoms with Crippen LogP contribution in [0, 0.1) is 0 Å². The predicted octanol–water partition coefficient (Wildman–Crippen LogP) is 4.08. The Hall–Kier alpha value is -1.82. The Labute approximate surface area is 117 Å². The lowest BCUT2D eigenvalue weighted by atomic mass is 10.1. The molecule has 1 heterocycles. The fourth-order valence-corrected chi connectivity index (χ4v) is 2.12. The minimum absolute atomic E-state index is 0.0675. The van der Waals surface area contributed by atoms with Crippen molar-refractivity contribution in [2.24, 2.45) is 0 Å². The van der Waals surface area contributed by atoms with Gasteiger partial charge in [0.15, 0.2) is 0 Å². The van der Waals surface area contributed by atoms with Crippen LogP contribution in [0.25, 0.3) is 10.9 Å². The summed E-state index contributed by atoms with van der Waals surface area (Å²) in [6, 6.07) is 3.52. The van der Waals surface area contributed by atoms with Crippen LogP contribution < -0.4 is 0 Å². The lowest BCUT2D eigenvalue weighted by Crippen LogP contribution is -2.10. The summed E-state index contributed by atoms with van der Waals surface area (Å²) in [5.74, 6) is -0.802. The van der Waals surface area contributed by atoms with Crippen molar-refractivity contribution in [3.63, 3.8) is 0 Å². The van der Waals surface area contributed by atoms with Crippen LogP contribution >= 0.6 is 11.6 Å². The number of nitrogens with zero attached hydrogens (tertiary/aromatic N) is 1. The second kappa shape index (κ2) is 5.28. The molecule has 0 aliphatic carbocycles. The van der Waals surface area contributed by atoms with Crippen molar-refractivity contribution in [2.75, 3.05) is 6.61 Å². The van der Waals surface area contributed by atoms with Crippen LogP contribution in [-0.4, -0.2) is 17.6 Å². The topological polar surface area (TPSA) is 39.2 Å². The van der Waals surface area contributed by atoms with Crippen molar-refractivity contribution in [3.05, 3.63) is 40.5 Å². The van der Waals surface area contributed by atoms with E-state index < -0.39 is 17.7 Å². The molecule has 1 aromatic carbocycles. The molecule has 20 heavy (non-hydrogen) atoms. The van der Waals surface area contributed by atoms with Crippen LogP contribution in [0.3, 0.4) is 0 Å². The first-order chi connectivity index (χ1) is 9.36. The van der Waals surface area contributed by atoms with E-state index in [4.69, 9.17) is 16.3 Å². The number of aromatic nitrogens is 1. The number of esters is 1. The highest BCUT2D eigenvalue weighted by molar-refractivity contribution is 6.38. The average Bonchev–Trinajstić information content (AvgIpc) is 2.37. The van der Waals surface area contributed by atoms with Gasteiger partial charge < -0.3 is 4.74 Å². The predicted molar refractivity (Wildman–Crippen MR) is 67.7 cm³/mol. The molecule has 1 aromatic heterocycles. The van der Waals surface area contributed by atoms with Gasteiger partial charge in [0.2, 0.25) is 0 Å². The molecule has 0 spiro atoms. The Balaban J connectivity index is 2.74. The van der Waals surface area contributed by atoms with Crippen molar-refractivity contribution < 1.29 is 22.7 Å². The maximum absolute atomic E-state index is 13.0. The van der Waals surface area contributed by atoms with Gasteiger partial charge in [-0.05, 0) is 19.1 Å². The van der Waals surface area contributed by atoms with Crippen LogP contribution in [0.15, 0.2) is 24.4 Å². The summed E-state index contributed by atoms with van der Waals surface area (Å²) in [6.07, 6.45) is -3.47. The van der Waals surface area contributed by atoms with Crippen molar-refractivity contribution in [1.82, 2.24) is 4.98 Å². The number of hydrogen-bond acceptors (Lipinski definition) is 3. The quantitative estimate of drug-likeness (QED) is 0.785. The van der Waals surface area contributed by atoms with Crippen LogP contribution in [0.4, 0.5) is 13.2 Å². The van der Waals surface area contributed by atoms with Gasteiger partial charge in [0.1, 0.15) is 0 Å². The number of rotatable bonds is 2. The van der Waals surface area contributed by atoms with Gasteiger partial charge in [-0.25, -0.2) is 4.79 Å². The third-order valence-corrected chi connectivity index (χ3v) is 3.02. The number of halogens is 4. The van der Waals surface area contributed by atoms with Crippen LogP contribution in [0.5, 0.6) is 0 Å². The summed E-state index contributed by atoms with van der Waals surface area (Å²) in [7, 11) is 0. The fraction of sp³-hybridized carbons (Fsp3) is 0.231. The van der Waals surface area contributed by atoms with E-state index >= 15 is 0 Å². The van der Waals surface area contributed by atoms with Gasteiger partial charge in [-0.2, -0.15) is 13.2 Å². The molecule has 0 aliphatic heterocycles. The number of fused-ring (bicyclic) bond motifs is 1. The van der Waals surface area contributed by atoms with E-state index in [1.165, 1.54) is 12.1 Å². The van der Waals surface area contributed by atoms with Crippen LogP contribution in [0.1, 0.15) is 22.8 Å². The second-order valence-electron chi connectivity index (χ2n) is 3.90. The molecular weight excluding hydrogens is 295 g/mol. The lowest BCUT2D eigenvalue weighted by molar-refractivity contribution is -0.136. The van der Waals surface area contributed by atoms with E-state index in [2.05, 4.69) is 4.98 Å². The van der Waals surface area contributed by atoms with Crippen LogP contribution in [0.2, 0.25) is 5.02 Å². The molecule has 106 valence electrons. The Bertz CT molecular complexity index is 670. The number of pyridine rings is 1. The second-order valence-corrected chi connectivity index (χ2v) is 4.28. The standard InChI is InChI=1S/C13H9ClF3NO2/c1-2-20-12(19)7-6-18-9-5-3-4-8(13(15,16)17)10(9)11(7)14/h3-6H,2H2,1H3. The summed E-state index contributed by atoms with van der Waals surface area (Å²) in [4.78, 5) is 15.5. The first-order valence-electron chi connectivity index (χ1n) is 5.67. The monoisotopic (exact) mass is 303 g/mol. The van der Waals surface area contributed by atoms with Crippen molar-refractivity contribution >= 4 is 28.5 Å². The SMILES string of the molecule is CCOC(=O)c1cnc2cccc(C(F)(F)F)c2c1Cl. The van der Waals surface area contributed by atoms with Gasteiger partial charge in [0, 0.05) is 11.6 Å². The molecule has 0 saturated carbocycles. The largest absolute Gasteiger partial charge is 0.462 e. The van der Waals surface area contributed by atoms with Crippen LogP contribution in [-0.2, 0) is 10.9 Å². The van der Waals surface area contributed by atoms with Crippen molar-refractivity contribution in [3.8, 4) is 0 Å². The molecule has 0 saturated heterocycles. The Morgan fingerprint density at radius 2 is 2.10 bits per heavy atom. The summed E-state index contributed by atoms with van der Waals surface area (Å²) >= 11 is 5.94. The molecular formula is C13H9ClF3NO2. The molecule has 0 aliphatic rings. The lowest BCUT2D eigenvalue weighted by Gasteiger charge is -2.12. The molecule has 0 N–H and O–H groups in total. The molecule has 0 radical (unpaired) electrons. The van der Waals surface area contributed by atoms with Crippen molar-refractivity contribution in [1.29, 1.82) is 0 Å². The van der Waals surface area contributed by atoms with E-state index in [1.807, 2.05) is 0 Å². The highest BCUT2D eigenvalue weighted by Crippen LogP contribution is 2.38. The van der Waals surface area contributed by atoms with Crippen molar-refractivity contribution in [2.45, 2.75) is 13.1 Å². The van der Waals surface area contributed by atoms with Gasteiger partial charge in [-0.3, -0.25) is 4.98 Å². The van der Waals surface area contributed by atoms with E-state index in [-0.39, 0.29) is 28.1 Å². The third kappa shape index (κ3) is 2.56. The molecule has 0 fully saturated rings. The van der Waals surface area contributed by atoms with E-state index in [0.717, 1.165) is 12.3 Å². The van der Waals surface area contributed by atoms with E-state index in [9.17, 15) is 18.0 Å². The van der Waals surface area contributed by atoms with Gasteiger partial charge >= 0.3 is 12.1 Å². The normalized spacial score (nSPS) is 11.7. The van der Waals surface area contributed by atoms with E-state index in [0.29, 0.717) is 0 Å². The number of carbonyl (C=O) groups is 1. The minimum Gasteiger partial charge on any atom is -0.462 e. The molecule has 7 heteroatoms. The molecule has 0 amide bonds. The molecule has 2 rings (SSSR count).